The van der Waals surface area contributed by atoms with Crippen molar-refractivity contribution < 1.29 is 19.0 Å². The number of methoxy groups -OCH3 is 3. The van der Waals surface area contributed by atoms with Crippen LogP contribution in [0.4, 0.5) is 11.5 Å². The lowest BCUT2D eigenvalue weighted by Crippen LogP contribution is -2.39. The van der Waals surface area contributed by atoms with E-state index in [9.17, 15) is 4.79 Å². The van der Waals surface area contributed by atoms with Crippen LogP contribution in [0.2, 0.25) is 0 Å². The number of nitrogens with two attached hydrogens (primary N) is 1. The molecule has 2 N–H and O–H groups in total. The lowest BCUT2D eigenvalue weighted by atomic mass is 10.2. The summed E-state index contributed by atoms with van der Waals surface area (Å²) < 4.78 is 15.0. The van der Waals surface area contributed by atoms with Crippen LogP contribution in [0.25, 0.3) is 0 Å². The molecular weight excluding hydrogens is 274 g/mol. The topological polar surface area (TPSA) is 86.9 Å². The van der Waals surface area contributed by atoms with Gasteiger partial charge in [-0.2, -0.15) is 0 Å². The quantitative estimate of drug-likeness (QED) is 0.714. The van der Waals surface area contributed by atoms with Crippen LogP contribution in [-0.4, -0.2) is 58.1 Å². The highest BCUT2D eigenvalue weighted by Gasteiger charge is 2.22. The molecule has 0 aliphatic rings. The maximum absolute atomic E-state index is 11.7. The molecule has 0 amide bonds. The number of hydrogen-bond donors (Lipinski definition) is 1. The van der Waals surface area contributed by atoms with Crippen LogP contribution in [-0.2, 0) is 14.2 Å². The van der Waals surface area contributed by atoms with Crippen molar-refractivity contribution >= 4 is 17.5 Å². The van der Waals surface area contributed by atoms with Gasteiger partial charge in [-0.15, -0.1) is 0 Å². The maximum Gasteiger partial charge on any atom is 0.340 e. The number of hydrogen-bond acceptors (Lipinski definition) is 7. The molecule has 1 unspecified atom stereocenters. The van der Waals surface area contributed by atoms with Crippen LogP contribution in [0.5, 0.6) is 0 Å². The van der Waals surface area contributed by atoms with Crippen molar-refractivity contribution in [2.75, 3.05) is 51.7 Å². The molecular formula is C14H23N3O4. The Morgan fingerprint density at radius 2 is 2.10 bits per heavy atom. The average molecular weight is 297 g/mol. The summed E-state index contributed by atoms with van der Waals surface area (Å²) in [6.45, 7) is 3.60. The predicted molar refractivity (Wildman–Crippen MR) is 80.5 cm³/mol. The zero-order valence-corrected chi connectivity index (χ0v) is 13.0. The van der Waals surface area contributed by atoms with Gasteiger partial charge in [-0.25, -0.2) is 9.78 Å². The number of carbonyl (C=O) groups excluding carboxylic acids is 1. The lowest BCUT2D eigenvalue weighted by Gasteiger charge is -2.30. The van der Waals surface area contributed by atoms with Crippen LogP contribution in [0, 0.1) is 0 Å². The van der Waals surface area contributed by atoms with Gasteiger partial charge in [-0.3, -0.25) is 0 Å². The Morgan fingerprint density at radius 1 is 1.38 bits per heavy atom. The van der Waals surface area contributed by atoms with Gasteiger partial charge in [0.25, 0.3) is 0 Å². The Morgan fingerprint density at radius 3 is 2.67 bits per heavy atom. The number of ether oxygens (including phenoxy) is 3. The third kappa shape index (κ3) is 4.30. The molecule has 0 aromatic carbocycles. The van der Waals surface area contributed by atoms with E-state index < -0.39 is 5.97 Å². The second-order valence-electron chi connectivity index (χ2n) is 4.58. The minimum Gasteiger partial charge on any atom is -0.465 e. The first-order chi connectivity index (χ1) is 10.1. The molecule has 0 bridgehead atoms. The summed E-state index contributed by atoms with van der Waals surface area (Å²) in [6.07, 6.45) is 1.54. The summed E-state index contributed by atoms with van der Waals surface area (Å²) in [6, 6.07) is 1.58. The Labute approximate surface area is 125 Å². The van der Waals surface area contributed by atoms with Crippen molar-refractivity contribution in [1.82, 2.24) is 4.98 Å². The zero-order chi connectivity index (χ0) is 15.8. The summed E-state index contributed by atoms with van der Waals surface area (Å²) in [5.74, 6) is 0.0433. The third-order valence-corrected chi connectivity index (χ3v) is 3.12. The highest BCUT2D eigenvalue weighted by Crippen LogP contribution is 2.26. The minimum absolute atomic E-state index is 0.0350. The van der Waals surface area contributed by atoms with Gasteiger partial charge in [0.05, 0.1) is 37.6 Å². The molecule has 21 heavy (non-hydrogen) atoms. The molecule has 1 aromatic heterocycles. The van der Waals surface area contributed by atoms with Crippen molar-refractivity contribution in [2.24, 2.45) is 0 Å². The van der Waals surface area contributed by atoms with Crippen molar-refractivity contribution in [3.05, 3.63) is 17.8 Å². The van der Waals surface area contributed by atoms with E-state index in [2.05, 4.69) is 4.98 Å². The Balaban J connectivity index is 3.14. The third-order valence-electron chi connectivity index (χ3n) is 3.12. The largest absolute Gasteiger partial charge is 0.465 e. The number of aromatic nitrogens is 1. The summed E-state index contributed by atoms with van der Waals surface area (Å²) >= 11 is 0. The van der Waals surface area contributed by atoms with E-state index in [-0.39, 0.29) is 6.04 Å². The van der Waals surface area contributed by atoms with Crippen molar-refractivity contribution in [1.29, 1.82) is 0 Å². The Hall–Kier alpha value is -1.86. The second-order valence-corrected chi connectivity index (χ2v) is 4.58. The first-order valence-corrected chi connectivity index (χ1v) is 6.64. The molecule has 0 fully saturated rings. The summed E-state index contributed by atoms with van der Waals surface area (Å²) in [4.78, 5) is 18.0. The number of rotatable bonds is 8. The van der Waals surface area contributed by atoms with Crippen LogP contribution in [0.15, 0.2) is 12.3 Å². The van der Waals surface area contributed by atoms with Crippen molar-refractivity contribution in [2.45, 2.75) is 13.0 Å². The molecule has 118 valence electrons. The smallest absolute Gasteiger partial charge is 0.340 e. The molecule has 1 rings (SSSR count). The fourth-order valence-corrected chi connectivity index (χ4v) is 2.03. The zero-order valence-electron chi connectivity index (χ0n) is 13.0. The van der Waals surface area contributed by atoms with Gasteiger partial charge < -0.3 is 24.8 Å². The monoisotopic (exact) mass is 297 g/mol. The van der Waals surface area contributed by atoms with Crippen LogP contribution in [0.3, 0.4) is 0 Å². The molecule has 0 radical (unpaired) electrons. The number of anilines is 2. The van der Waals surface area contributed by atoms with E-state index in [1.54, 1.807) is 20.3 Å². The van der Waals surface area contributed by atoms with Crippen LogP contribution < -0.4 is 10.6 Å². The highest BCUT2D eigenvalue weighted by molar-refractivity contribution is 5.97. The van der Waals surface area contributed by atoms with Gasteiger partial charge in [0.15, 0.2) is 5.82 Å². The van der Waals surface area contributed by atoms with E-state index in [1.165, 1.54) is 13.3 Å². The lowest BCUT2D eigenvalue weighted by molar-refractivity contribution is 0.0602. The Bertz CT molecular complexity index is 468. The van der Waals surface area contributed by atoms with E-state index in [0.717, 1.165) is 0 Å². The number of nitrogen functional groups attached to an aromatic ring is 1. The molecule has 1 atom stereocenters. The number of carbonyl (C=O) groups is 1. The molecule has 0 saturated carbocycles. The maximum atomic E-state index is 11.7. The Kier molecular flexibility index (Phi) is 6.90. The number of nitrogens with zero attached hydrogens (tertiary/aromatic N) is 2. The van der Waals surface area contributed by atoms with Gasteiger partial charge in [0, 0.05) is 27.0 Å². The normalized spacial score (nSPS) is 12.0. The fraction of sp³-hybridized carbons (Fsp3) is 0.571. The molecule has 1 heterocycles. The van der Waals surface area contributed by atoms with Gasteiger partial charge in [-0.1, -0.05) is 0 Å². The molecule has 1 aromatic rings. The van der Waals surface area contributed by atoms with E-state index in [1.807, 2.05) is 11.8 Å². The van der Waals surface area contributed by atoms with Crippen molar-refractivity contribution in [3.8, 4) is 0 Å². The van der Waals surface area contributed by atoms with Gasteiger partial charge in [-0.05, 0) is 13.0 Å². The van der Waals surface area contributed by atoms with Crippen molar-refractivity contribution in [3.63, 3.8) is 0 Å². The molecule has 0 aliphatic carbocycles. The number of esters is 1. The molecule has 0 spiro atoms. The van der Waals surface area contributed by atoms with Gasteiger partial charge >= 0.3 is 5.97 Å². The van der Waals surface area contributed by atoms with Gasteiger partial charge in [0.2, 0.25) is 0 Å². The van der Waals surface area contributed by atoms with E-state index in [0.29, 0.717) is 36.8 Å². The van der Waals surface area contributed by atoms with E-state index in [4.69, 9.17) is 19.9 Å². The summed E-state index contributed by atoms with van der Waals surface area (Å²) in [5.41, 5.74) is 6.68. The second kappa shape index (κ2) is 8.43. The predicted octanol–water partition coefficient (Wildman–Crippen LogP) is 0.938. The number of pyridine rings is 1. The summed E-state index contributed by atoms with van der Waals surface area (Å²) in [5, 5.41) is 0. The standard InChI is InChI=1S/C14H23N3O4/c1-10(9-20-3)17(7-8-19-2)13-12(15)11(5-6-16-13)14(18)21-4/h5-6,10H,7-9,15H2,1-4H3. The highest BCUT2D eigenvalue weighted by atomic mass is 16.5. The average Bonchev–Trinajstić information content (AvgIpc) is 2.48. The molecule has 0 aliphatic heterocycles. The molecule has 0 saturated heterocycles. The molecule has 7 nitrogen and oxygen atoms in total. The van der Waals surface area contributed by atoms with Crippen LogP contribution in [0.1, 0.15) is 17.3 Å². The SMILES string of the molecule is COCCN(c1nccc(C(=O)OC)c1N)C(C)COC. The molecule has 7 heteroatoms. The van der Waals surface area contributed by atoms with Gasteiger partial charge in [0.1, 0.15) is 0 Å². The van der Waals surface area contributed by atoms with E-state index >= 15 is 0 Å². The fourth-order valence-electron chi connectivity index (χ4n) is 2.03. The first kappa shape index (κ1) is 17.2. The van der Waals surface area contributed by atoms with Crippen LogP contribution >= 0.6 is 0 Å². The minimum atomic E-state index is -0.484. The first-order valence-electron chi connectivity index (χ1n) is 6.64. The summed E-state index contributed by atoms with van der Waals surface area (Å²) in [7, 11) is 4.57.